The van der Waals surface area contributed by atoms with E-state index >= 15 is 0 Å². The minimum Gasteiger partial charge on any atom is -0.383 e. The number of nitrogen functional groups attached to an aromatic ring is 1. The Kier molecular flexibility index (Phi) is 4.58. The highest BCUT2D eigenvalue weighted by Crippen LogP contribution is 2.29. The summed E-state index contributed by atoms with van der Waals surface area (Å²) in [6.45, 7) is 0.0292. The van der Waals surface area contributed by atoms with Crippen molar-refractivity contribution in [3.8, 4) is 11.5 Å². The minimum absolute atomic E-state index is 0.0105. The first-order chi connectivity index (χ1) is 15.0. The van der Waals surface area contributed by atoms with Gasteiger partial charge in [0.2, 0.25) is 0 Å². The molecule has 1 saturated carbocycles. The number of anilines is 1. The SMILES string of the molecule is Nc1nc(-c2nn(Cc3ccccc3F)c3c(F)cccc23)ncc1C(=O)NC1CC1. The topological polar surface area (TPSA) is 98.7 Å². The predicted octanol–water partition coefficient (Wildman–Crippen LogP) is 3.29. The molecule has 3 N–H and O–H groups in total. The molecule has 0 saturated heterocycles. The lowest BCUT2D eigenvalue weighted by Crippen LogP contribution is -2.26. The van der Waals surface area contributed by atoms with Crippen molar-refractivity contribution in [3.63, 3.8) is 0 Å². The van der Waals surface area contributed by atoms with Crippen LogP contribution in [0.5, 0.6) is 0 Å². The van der Waals surface area contributed by atoms with E-state index in [0.717, 1.165) is 12.8 Å². The molecular formula is C22H18F2N6O. The van der Waals surface area contributed by atoms with Crippen LogP contribution in [0.2, 0.25) is 0 Å². The van der Waals surface area contributed by atoms with Crippen molar-refractivity contribution in [2.45, 2.75) is 25.4 Å². The van der Waals surface area contributed by atoms with Gasteiger partial charge in [-0.1, -0.05) is 30.3 Å². The van der Waals surface area contributed by atoms with E-state index in [1.54, 1.807) is 30.3 Å². The molecule has 2 heterocycles. The second kappa shape index (κ2) is 7.42. The Labute approximate surface area is 175 Å². The predicted molar refractivity (Wildman–Crippen MR) is 111 cm³/mol. The molecule has 2 aromatic heterocycles. The van der Waals surface area contributed by atoms with Gasteiger partial charge in [0, 0.05) is 23.2 Å². The highest BCUT2D eigenvalue weighted by atomic mass is 19.1. The molecule has 1 amide bonds. The smallest absolute Gasteiger partial charge is 0.256 e. The minimum atomic E-state index is -0.499. The summed E-state index contributed by atoms with van der Waals surface area (Å²) in [7, 11) is 0. The van der Waals surface area contributed by atoms with Crippen LogP contribution in [-0.2, 0) is 6.54 Å². The third-order valence-corrected chi connectivity index (χ3v) is 5.19. The Bertz CT molecular complexity index is 1310. The number of nitrogens with two attached hydrogens (primary N) is 1. The maximum Gasteiger partial charge on any atom is 0.256 e. The number of halogens is 2. The largest absolute Gasteiger partial charge is 0.383 e. The van der Waals surface area contributed by atoms with Gasteiger partial charge < -0.3 is 11.1 Å². The third-order valence-electron chi connectivity index (χ3n) is 5.19. The zero-order valence-corrected chi connectivity index (χ0v) is 16.3. The van der Waals surface area contributed by atoms with Gasteiger partial charge in [0.15, 0.2) is 5.82 Å². The van der Waals surface area contributed by atoms with Gasteiger partial charge in [0.1, 0.15) is 28.7 Å². The lowest BCUT2D eigenvalue weighted by atomic mass is 10.1. The van der Waals surface area contributed by atoms with Gasteiger partial charge in [-0.15, -0.1) is 0 Å². The Balaban J connectivity index is 1.57. The summed E-state index contributed by atoms with van der Waals surface area (Å²) in [4.78, 5) is 20.8. The number of amides is 1. The van der Waals surface area contributed by atoms with Crippen LogP contribution in [0.1, 0.15) is 28.8 Å². The summed E-state index contributed by atoms with van der Waals surface area (Å²) in [6, 6.07) is 11.0. The monoisotopic (exact) mass is 420 g/mol. The van der Waals surface area contributed by atoms with Crippen LogP contribution < -0.4 is 11.1 Å². The van der Waals surface area contributed by atoms with Crippen LogP contribution in [0.25, 0.3) is 22.4 Å². The normalized spacial score (nSPS) is 13.5. The number of carbonyl (C=O) groups excluding carboxylic acids is 1. The lowest BCUT2D eigenvalue weighted by molar-refractivity contribution is 0.0951. The molecule has 0 atom stereocenters. The van der Waals surface area contributed by atoms with Crippen molar-refractivity contribution in [2.24, 2.45) is 0 Å². The van der Waals surface area contributed by atoms with E-state index in [1.165, 1.54) is 23.0 Å². The fourth-order valence-corrected chi connectivity index (χ4v) is 3.44. The molecule has 31 heavy (non-hydrogen) atoms. The Morgan fingerprint density at radius 3 is 2.65 bits per heavy atom. The first-order valence-corrected chi connectivity index (χ1v) is 9.83. The molecule has 4 aromatic rings. The van der Waals surface area contributed by atoms with Crippen LogP contribution in [0, 0.1) is 11.6 Å². The summed E-state index contributed by atoms with van der Waals surface area (Å²) < 4.78 is 30.2. The van der Waals surface area contributed by atoms with E-state index in [1.807, 2.05) is 0 Å². The van der Waals surface area contributed by atoms with E-state index in [9.17, 15) is 13.6 Å². The number of fused-ring (bicyclic) bond motifs is 1. The number of hydrogen-bond acceptors (Lipinski definition) is 5. The van der Waals surface area contributed by atoms with Gasteiger partial charge in [-0.3, -0.25) is 9.48 Å². The van der Waals surface area contributed by atoms with Crippen LogP contribution >= 0.6 is 0 Å². The number of nitrogens with one attached hydrogen (secondary N) is 1. The number of carbonyl (C=O) groups is 1. The summed E-state index contributed by atoms with van der Waals surface area (Å²) in [6.07, 6.45) is 3.24. The zero-order chi connectivity index (χ0) is 21.5. The molecule has 156 valence electrons. The van der Waals surface area contributed by atoms with Crippen LogP contribution in [0.4, 0.5) is 14.6 Å². The highest BCUT2D eigenvalue weighted by molar-refractivity contribution is 5.99. The molecule has 5 rings (SSSR count). The molecular weight excluding hydrogens is 402 g/mol. The fraction of sp³-hybridized carbons (Fsp3) is 0.182. The van der Waals surface area contributed by atoms with Gasteiger partial charge in [-0.25, -0.2) is 18.7 Å². The van der Waals surface area contributed by atoms with E-state index < -0.39 is 11.6 Å². The highest BCUT2D eigenvalue weighted by Gasteiger charge is 2.26. The molecule has 9 heteroatoms. The second-order valence-corrected chi connectivity index (χ2v) is 7.47. The third kappa shape index (κ3) is 3.58. The van der Waals surface area contributed by atoms with Crippen molar-refractivity contribution >= 4 is 22.6 Å². The summed E-state index contributed by atoms with van der Waals surface area (Å²) in [5.41, 5.74) is 7.06. The standard InChI is InChI=1S/C22H18F2N6O/c23-16-6-2-1-4-12(16)11-30-19-14(5-3-7-17(19)24)18(29-30)21-26-10-15(20(25)28-21)22(31)27-13-8-9-13/h1-7,10,13H,8-9,11H2,(H,27,31)(H2,25,26,28). The fourth-order valence-electron chi connectivity index (χ4n) is 3.44. The second-order valence-electron chi connectivity index (χ2n) is 7.47. The number of nitrogens with zero attached hydrogens (tertiary/aromatic N) is 4. The maximum absolute atomic E-state index is 14.7. The van der Waals surface area contributed by atoms with Gasteiger partial charge >= 0.3 is 0 Å². The Morgan fingerprint density at radius 1 is 1.13 bits per heavy atom. The number of benzene rings is 2. The molecule has 1 aliphatic carbocycles. The number of aromatic nitrogens is 4. The molecule has 1 fully saturated rings. The summed E-state index contributed by atoms with van der Waals surface area (Å²) in [5.74, 6) is -1.07. The first kappa shape index (κ1) is 19.1. The molecule has 0 unspecified atom stereocenters. The molecule has 0 aliphatic heterocycles. The molecule has 0 spiro atoms. The van der Waals surface area contributed by atoms with E-state index in [-0.39, 0.29) is 41.2 Å². The van der Waals surface area contributed by atoms with Crippen LogP contribution in [0.15, 0.2) is 48.7 Å². The van der Waals surface area contributed by atoms with Crippen LogP contribution in [-0.4, -0.2) is 31.7 Å². The number of para-hydroxylation sites is 1. The van der Waals surface area contributed by atoms with E-state index in [0.29, 0.717) is 16.6 Å². The number of hydrogen-bond donors (Lipinski definition) is 2. The first-order valence-electron chi connectivity index (χ1n) is 9.83. The maximum atomic E-state index is 14.7. The van der Waals surface area contributed by atoms with Crippen molar-refractivity contribution < 1.29 is 13.6 Å². The Hall–Kier alpha value is -3.88. The molecule has 2 aromatic carbocycles. The van der Waals surface area contributed by atoms with Crippen LogP contribution in [0.3, 0.4) is 0 Å². The van der Waals surface area contributed by atoms with Gasteiger partial charge in [-0.2, -0.15) is 5.10 Å². The average Bonchev–Trinajstić information content (AvgIpc) is 3.48. The zero-order valence-electron chi connectivity index (χ0n) is 16.3. The van der Waals surface area contributed by atoms with Crippen molar-refractivity contribution in [1.29, 1.82) is 0 Å². The van der Waals surface area contributed by atoms with Gasteiger partial charge in [0.25, 0.3) is 5.91 Å². The average molecular weight is 420 g/mol. The van der Waals surface area contributed by atoms with Crippen molar-refractivity contribution in [1.82, 2.24) is 25.1 Å². The van der Waals surface area contributed by atoms with E-state index in [2.05, 4.69) is 20.4 Å². The van der Waals surface area contributed by atoms with Crippen molar-refractivity contribution in [2.75, 3.05) is 5.73 Å². The lowest BCUT2D eigenvalue weighted by Gasteiger charge is -2.06. The molecule has 1 aliphatic rings. The van der Waals surface area contributed by atoms with Crippen molar-refractivity contribution in [3.05, 3.63) is 71.4 Å². The van der Waals surface area contributed by atoms with E-state index in [4.69, 9.17) is 5.73 Å². The quantitative estimate of drug-likeness (QED) is 0.516. The molecule has 0 bridgehead atoms. The van der Waals surface area contributed by atoms with Gasteiger partial charge in [-0.05, 0) is 25.0 Å². The number of rotatable bonds is 5. The summed E-state index contributed by atoms with van der Waals surface area (Å²) >= 11 is 0. The Morgan fingerprint density at radius 2 is 1.90 bits per heavy atom. The van der Waals surface area contributed by atoms with Gasteiger partial charge in [0.05, 0.1) is 12.1 Å². The molecule has 7 nitrogen and oxygen atoms in total. The summed E-state index contributed by atoms with van der Waals surface area (Å²) in [5, 5.41) is 7.76. The molecule has 0 radical (unpaired) electrons.